The first-order valence-electron chi connectivity index (χ1n) is 8.39. The molecule has 0 aliphatic carbocycles. The summed E-state index contributed by atoms with van der Waals surface area (Å²) in [5, 5.41) is 24.3. The molecular weight excluding hydrogens is 410 g/mol. The van der Waals surface area contributed by atoms with Crippen LogP contribution < -0.4 is 27.4 Å². The van der Waals surface area contributed by atoms with Crippen molar-refractivity contribution in [1.29, 1.82) is 0 Å². The zero-order chi connectivity index (χ0) is 22.7. The molecule has 0 aromatic rings. The number of hydrogen-bond acceptors (Lipinski definition) is 8. The maximum absolute atomic E-state index is 12.4. The van der Waals surface area contributed by atoms with Crippen molar-refractivity contribution in [2.24, 2.45) is 11.5 Å². The molecule has 0 saturated heterocycles. The molecule has 0 spiro atoms. The van der Waals surface area contributed by atoms with E-state index in [4.69, 9.17) is 21.7 Å². The summed E-state index contributed by atoms with van der Waals surface area (Å²) < 4.78 is 0. The molecule has 0 aliphatic heterocycles. The van der Waals surface area contributed by atoms with Crippen molar-refractivity contribution >= 4 is 48.2 Å². The Kier molecular flexibility index (Phi) is 11.3. The second kappa shape index (κ2) is 12.6. The Morgan fingerprint density at radius 2 is 1.38 bits per heavy atom. The fraction of sp³-hybridized carbons (Fsp3) is 0.600. The predicted molar refractivity (Wildman–Crippen MR) is 102 cm³/mol. The van der Waals surface area contributed by atoms with E-state index in [1.54, 1.807) is 0 Å². The van der Waals surface area contributed by atoms with E-state index in [0.717, 1.165) is 0 Å². The third-order valence-corrected chi connectivity index (χ3v) is 3.89. The number of carbonyl (C=O) groups excluding carboxylic acids is 4. The molecule has 0 aliphatic rings. The minimum absolute atomic E-state index is 0.257. The summed E-state index contributed by atoms with van der Waals surface area (Å²) in [7, 11) is 0. The lowest BCUT2D eigenvalue weighted by atomic mass is 10.1. The maximum atomic E-state index is 12.4. The van der Waals surface area contributed by atoms with E-state index in [1.165, 1.54) is 6.92 Å². The summed E-state index contributed by atoms with van der Waals surface area (Å²) in [4.78, 5) is 69.2. The van der Waals surface area contributed by atoms with Crippen molar-refractivity contribution in [3.8, 4) is 0 Å². The van der Waals surface area contributed by atoms with Gasteiger partial charge < -0.3 is 37.6 Å². The maximum Gasteiger partial charge on any atom is 0.326 e. The van der Waals surface area contributed by atoms with Crippen LogP contribution in [0, 0.1) is 0 Å². The Hall–Kier alpha value is -2.87. The fourth-order valence-corrected chi connectivity index (χ4v) is 2.23. The number of amides is 4. The van der Waals surface area contributed by atoms with Crippen LogP contribution in [0.3, 0.4) is 0 Å². The van der Waals surface area contributed by atoms with Crippen molar-refractivity contribution < 1.29 is 39.0 Å². The van der Waals surface area contributed by atoms with Crippen LogP contribution in [0.25, 0.3) is 0 Å². The van der Waals surface area contributed by atoms with E-state index in [2.05, 4.69) is 28.6 Å². The van der Waals surface area contributed by atoms with Gasteiger partial charge in [-0.25, -0.2) is 4.79 Å². The Balaban J connectivity index is 5.16. The lowest BCUT2D eigenvalue weighted by Crippen LogP contribution is -2.58. The van der Waals surface area contributed by atoms with Gasteiger partial charge in [-0.1, -0.05) is 0 Å². The summed E-state index contributed by atoms with van der Waals surface area (Å²) in [5.41, 5.74) is 10.4. The van der Waals surface area contributed by atoms with Crippen molar-refractivity contribution in [2.45, 2.75) is 50.4 Å². The second-order valence-corrected chi connectivity index (χ2v) is 6.46. The highest BCUT2D eigenvalue weighted by molar-refractivity contribution is 7.80. The highest BCUT2D eigenvalue weighted by atomic mass is 32.1. The van der Waals surface area contributed by atoms with Gasteiger partial charge in [-0.3, -0.25) is 24.0 Å². The standard InChI is InChI=1S/C15H25N5O8S/c1-6(16)12(24)19-8(4-10(17)21)13(25)20-9(5-29)14(26)18-7(15(27)28)2-3-11(22)23/h6-9,29H,2-5,16H2,1H3,(H2,17,21)(H,18,26)(H,19,24)(H,20,25)(H,22,23)(H,27,28). The van der Waals surface area contributed by atoms with Gasteiger partial charge in [0.2, 0.25) is 23.6 Å². The summed E-state index contributed by atoms with van der Waals surface area (Å²) in [6, 6.07) is -5.23. The quantitative estimate of drug-likeness (QED) is 0.134. The van der Waals surface area contributed by atoms with Gasteiger partial charge >= 0.3 is 11.9 Å². The molecule has 164 valence electrons. The van der Waals surface area contributed by atoms with Gasteiger partial charge in [0.1, 0.15) is 18.1 Å². The van der Waals surface area contributed by atoms with Crippen LogP contribution >= 0.6 is 12.6 Å². The van der Waals surface area contributed by atoms with Gasteiger partial charge in [-0.2, -0.15) is 12.6 Å². The number of rotatable bonds is 13. The van der Waals surface area contributed by atoms with Gasteiger partial charge in [0, 0.05) is 12.2 Å². The highest BCUT2D eigenvalue weighted by Crippen LogP contribution is 2.01. The predicted octanol–water partition coefficient (Wildman–Crippen LogP) is -3.46. The summed E-state index contributed by atoms with van der Waals surface area (Å²) in [5.74, 6) is -6.48. The number of thiol groups is 1. The number of nitrogens with two attached hydrogens (primary N) is 2. The molecule has 4 amide bonds. The lowest BCUT2D eigenvalue weighted by molar-refractivity contribution is -0.143. The van der Waals surface area contributed by atoms with Crippen molar-refractivity contribution in [3.63, 3.8) is 0 Å². The fourth-order valence-electron chi connectivity index (χ4n) is 1.98. The van der Waals surface area contributed by atoms with E-state index >= 15 is 0 Å². The number of hydrogen-bond donors (Lipinski definition) is 8. The number of carbonyl (C=O) groups is 6. The summed E-state index contributed by atoms with van der Waals surface area (Å²) in [6.45, 7) is 1.35. The minimum atomic E-state index is -1.50. The topological polar surface area (TPSA) is 231 Å². The monoisotopic (exact) mass is 435 g/mol. The molecule has 0 fully saturated rings. The molecule has 29 heavy (non-hydrogen) atoms. The Bertz CT molecular complexity index is 657. The second-order valence-electron chi connectivity index (χ2n) is 6.10. The third-order valence-electron chi connectivity index (χ3n) is 3.53. The smallest absolute Gasteiger partial charge is 0.326 e. The van der Waals surface area contributed by atoms with Gasteiger partial charge in [0.25, 0.3) is 0 Å². The van der Waals surface area contributed by atoms with Gasteiger partial charge in [0.05, 0.1) is 12.5 Å². The van der Waals surface area contributed by atoms with E-state index in [-0.39, 0.29) is 12.2 Å². The van der Waals surface area contributed by atoms with Crippen LogP contribution in [0.4, 0.5) is 0 Å². The molecule has 0 bridgehead atoms. The Labute approximate surface area is 171 Å². The van der Waals surface area contributed by atoms with E-state index in [0.29, 0.717) is 0 Å². The van der Waals surface area contributed by atoms with Gasteiger partial charge in [-0.05, 0) is 13.3 Å². The molecule has 0 aromatic heterocycles. The lowest BCUT2D eigenvalue weighted by Gasteiger charge is -2.23. The number of aliphatic carboxylic acids is 2. The number of primary amides is 1. The molecule has 0 heterocycles. The number of carboxylic acids is 2. The SMILES string of the molecule is CC(N)C(=O)NC(CC(N)=O)C(=O)NC(CS)C(=O)NC(CCC(=O)O)C(=O)O. The van der Waals surface area contributed by atoms with Gasteiger partial charge in [-0.15, -0.1) is 0 Å². The van der Waals surface area contributed by atoms with Crippen LogP contribution in [-0.2, 0) is 28.8 Å². The normalized spacial score (nSPS) is 14.6. The molecule has 0 radical (unpaired) electrons. The van der Waals surface area contributed by atoms with Crippen molar-refractivity contribution in [2.75, 3.05) is 5.75 Å². The largest absolute Gasteiger partial charge is 0.481 e. The minimum Gasteiger partial charge on any atom is -0.481 e. The molecule has 4 unspecified atom stereocenters. The first-order chi connectivity index (χ1) is 13.4. The van der Waals surface area contributed by atoms with E-state index in [9.17, 15) is 28.8 Å². The molecule has 14 heteroatoms. The zero-order valence-electron chi connectivity index (χ0n) is 15.6. The van der Waals surface area contributed by atoms with E-state index in [1.807, 2.05) is 0 Å². The molecule has 13 nitrogen and oxygen atoms in total. The molecule has 9 N–H and O–H groups in total. The van der Waals surface area contributed by atoms with Crippen LogP contribution in [-0.4, -0.2) is 75.7 Å². The summed E-state index contributed by atoms with van der Waals surface area (Å²) >= 11 is 3.91. The average Bonchev–Trinajstić information content (AvgIpc) is 2.60. The third kappa shape index (κ3) is 10.3. The summed E-state index contributed by atoms with van der Waals surface area (Å²) in [6.07, 6.45) is -1.45. The first kappa shape index (κ1) is 26.1. The number of nitrogens with one attached hydrogen (secondary N) is 3. The van der Waals surface area contributed by atoms with Crippen molar-refractivity contribution in [3.05, 3.63) is 0 Å². The van der Waals surface area contributed by atoms with Crippen LogP contribution in [0.15, 0.2) is 0 Å². The van der Waals surface area contributed by atoms with Crippen LogP contribution in [0.1, 0.15) is 26.2 Å². The van der Waals surface area contributed by atoms with Gasteiger partial charge in [0.15, 0.2) is 0 Å². The van der Waals surface area contributed by atoms with E-state index < -0.39 is 72.6 Å². The Morgan fingerprint density at radius 3 is 1.79 bits per heavy atom. The highest BCUT2D eigenvalue weighted by Gasteiger charge is 2.30. The molecule has 0 saturated carbocycles. The molecule has 0 rings (SSSR count). The molecule has 0 aromatic carbocycles. The molecule has 4 atom stereocenters. The average molecular weight is 435 g/mol. The van der Waals surface area contributed by atoms with Crippen molar-refractivity contribution in [1.82, 2.24) is 16.0 Å². The Morgan fingerprint density at radius 1 is 0.897 bits per heavy atom. The zero-order valence-corrected chi connectivity index (χ0v) is 16.5. The first-order valence-corrected chi connectivity index (χ1v) is 9.02. The number of carboxylic acid groups (broad SMARTS) is 2. The van der Waals surface area contributed by atoms with Crippen LogP contribution in [0.5, 0.6) is 0 Å². The van der Waals surface area contributed by atoms with Crippen LogP contribution in [0.2, 0.25) is 0 Å². The molecular formula is C15H25N5O8S.